The van der Waals surface area contributed by atoms with Gasteiger partial charge >= 0.3 is 0 Å². The molecular weight excluding hydrogens is 535 g/mol. The van der Waals surface area contributed by atoms with Crippen LogP contribution in [0.5, 0.6) is 11.5 Å². The van der Waals surface area contributed by atoms with Crippen molar-refractivity contribution in [3.8, 4) is 11.5 Å². The van der Waals surface area contributed by atoms with Crippen LogP contribution in [0.3, 0.4) is 0 Å². The van der Waals surface area contributed by atoms with E-state index in [4.69, 9.17) is 4.74 Å². The number of phenolic OH excluding ortho intramolecular Hbond substituents is 1. The minimum absolute atomic E-state index is 0. The largest absolute Gasteiger partial charge is 1.00 e. The van der Waals surface area contributed by atoms with Gasteiger partial charge < -0.3 is 26.8 Å². The van der Waals surface area contributed by atoms with Gasteiger partial charge in [-0.25, -0.2) is 0 Å². The Morgan fingerprint density at radius 3 is 1.52 bits per heavy atom. The number of ether oxygens (including phenoxy) is 1. The van der Waals surface area contributed by atoms with Crippen LogP contribution in [0.15, 0.2) is 108 Å². The van der Waals surface area contributed by atoms with Gasteiger partial charge in [0.2, 0.25) is 0 Å². The number of hydrogen-bond acceptors (Lipinski definition) is 2. The molecule has 0 heterocycles. The van der Waals surface area contributed by atoms with Gasteiger partial charge in [-0.3, -0.25) is 0 Å². The SMILES string of the molecule is COc1ccc(C[P+](c2ccccc2)(c2ccccc2)c2ccccc2)c(O)c1Br.[Br-]. The molecule has 0 bridgehead atoms. The van der Waals surface area contributed by atoms with Gasteiger partial charge in [0.25, 0.3) is 0 Å². The van der Waals surface area contributed by atoms with Crippen molar-refractivity contribution >= 4 is 39.1 Å². The van der Waals surface area contributed by atoms with Gasteiger partial charge in [0.15, 0.2) is 0 Å². The van der Waals surface area contributed by atoms with E-state index in [1.165, 1.54) is 15.9 Å². The third-order valence-electron chi connectivity index (χ3n) is 5.38. The number of benzene rings is 4. The summed E-state index contributed by atoms with van der Waals surface area (Å²) >= 11 is 3.50. The number of rotatable bonds is 6. The Balaban J connectivity index is 0.00000272. The second-order valence-electron chi connectivity index (χ2n) is 7.06. The summed E-state index contributed by atoms with van der Waals surface area (Å²) in [5.74, 6) is 0.862. The molecule has 0 aromatic heterocycles. The summed E-state index contributed by atoms with van der Waals surface area (Å²) in [6, 6.07) is 35.9. The topological polar surface area (TPSA) is 29.5 Å². The highest BCUT2D eigenvalue weighted by molar-refractivity contribution is 9.10. The lowest BCUT2D eigenvalue weighted by Gasteiger charge is -2.28. The lowest BCUT2D eigenvalue weighted by Crippen LogP contribution is -3.00. The van der Waals surface area contributed by atoms with Gasteiger partial charge in [-0.2, -0.15) is 0 Å². The number of halogens is 2. The first-order chi connectivity index (χ1) is 14.7. The highest BCUT2D eigenvalue weighted by Gasteiger charge is 2.46. The Morgan fingerprint density at radius 1 is 0.710 bits per heavy atom. The number of methoxy groups -OCH3 is 1. The zero-order valence-electron chi connectivity index (χ0n) is 17.1. The van der Waals surface area contributed by atoms with E-state index in [2.05, 4.69) is 107 Å². The highest BCUT2D eigenvalue weighted by Crippen LogP contribution is 2.59. The molecule has 0 spiro atoms. The zero-order chi connectivity index (χ0) is 21.0. The van der Waals surface area contributed by atoms with Crippen molar-refractivity contribution < 1.29 is 26.8 Å². The van der Waals surface area contributed by atoms with Gasteiger partial charge in [0.1, 0.15) is 45.3 Å². The van der Waals surface area contributed by atoms with Crippen LogP contribution < -0.4 is 37.6 Å². The monoisotopic (exact) mass is 556 g/mol. The minimum Gasteiger partial charge on any atom is -1.00 e. The van der Waals surface area contributed by atoms with Crippen LogP contribution in [0.4, 0.5) is 0 Å². The molecule has 0 atom stereocenters. The normalized spacial score (nSPS) is 10.9. The van der Waals surface area contributed by atoms with Gasteiger partial charge in [0.05, 0.1) is 7.11 Å². The average Bonchev–Trinajstić information content (AvgIpc) is 2.82. The van der Waals surface area contributed by atoms with Crippen molar-refractivity contribution in [1.29, 1.82) is 0 Å². The molecule has 0 saturated carbocycles. The van der Waals surface area contributed by atoms with E-state index in [0.29, 0.717) is 16.4 Å². The molecule has 0 saturated heterocycles. The molecule has 0 aliphatic carbocycles. The van der Waals surface area contributed by atoms with Crippen LogP contribution in [0.25, 0.3) is 0 Å². The maximum Gasteiger partial charge on any atom is 0.140 e. The standard InChI is InChI=1S/C26H22BrO2P.BrH/c1-29-24-18-17-20(26(28)25(24)27)19-30(21-11-5-2-6-12-21,22-13-7-3-8-14-22)23-15-9-4-10-16-23;/h2-18H,19H2,1H3;1H. The molecule has 4 aromatic rings. The quantitative estimate of drug-likeness (QED) is 0.369. The molecule has 4 rings (SSSR count). The zero-order valence-corrected chi connectivity index (χ0v) is 21.1. The summed E-state index contributed by atoms with van der Waals surface area (Å²) in [6.45, 7) is 0. The Morgan fingerprint density at radius 2 is 1.13 bits per heavy atom. The first-order valence-electron chi connectivity index (χ1n) is 9.76. The molecule has 0 aliphatic rings. The van der Waals surface area contributed by atoms with Crippen molar-refractivity contribution in [2.24, 2.45) is 0 Å². The third-order valence-corrected chi connectivity index (χ3v) is 10.5. The van der Waals surface area contributed by atoms with Crippen LogP contribution in [0.1, 0.15) is 5.56 Å². The van der Waals surface area contributed by atoms with E-state index in [9.17, 15) is 5.11 Å². The van der Waals surface area contributed by atoms with Gasteiger partial charge in [-0.05, 0) is 64.5 Å². The van der Waals surface area contributed by atoms with E-state index < -0.39 is 7.26 Å². The van der Waals surface area contributed by atoms with Crippen molar-refractivity contribution in [3.05, 3.63) is 113 Å². The van der Waals surface area contributed by atoms with E-state index in [1.807, 2.05) is 12.1 Å². The fourth-order valence-electron chi connectivity index (χ4n) is 3.90. The summed E-state index contributed by atoms with van der Waals surface area (Å²) in [4.78, 5) is 0. The second kappa shape index (κ2) is 10.5. The van der Waals surface area contributed by atoms with E-state index in [0.717, 1.165) is 5.56 Å². The van der Waals surface area contributed by atoms with Crippen LogP contribution >= 0.6 is 23.2 Å². The van der Waals surface area contributed by atoms with E-state index in [1.54, 1.807) is 7.11 Å². The molecule has 5 heteroatoms. The summed E-state index contributed by atoms with van der Waals surface area (Å²) in [5.41, 5.74) is 0.896. The Hall–Kier alpha value is -2.13. The molecular formula is C26H23Br2O2P. The van der Waals surface area contributed by atoms with E-state index in [-0.39, 0.29) is 22.7 Å². The first-order valence-corrected chi connectivity index (χ1v) is 12.5. The molecule has 31 heavy (non-hydrogen) atoms. The van der Waals surface area contributed by atoms with Crippen LogP contribution in [-0.2, 0) is 6.16 Å². The Bertz CT molecular complexity index is 1020. The van der Waals surface area contributed by atoms with Crippen molar-refractivity contribution in [3.63, 3.8) is 0 Å². The predicted octanol–water partition coefficient (Wildman–Crippen LogP) is 2.66. The third kappa shape index (κ3) is 4.57. The maximum atomic E-state index is 11.0. The molecule has 0 unspecified atom stereocenters. The molecule has 158 valence electrons. The lowest BCUT2D eigenvalue weighted by atomic mass is 10.2. The Labute approximate surface area is 203 Å². The number of phenols is 1. The molecule has 2 nitrogen and oxygen atoms in total. The van der Waals surface area contributed by atoms with Gasteiger partial charge in [-0.1, -0.05) is 54.6 Å². The van der Waals surface area contributed by atoms with Crippen molar-refractivity contribution in [2.45, 2.75) is 6.16 Å². The highest BCUT2D eigenvalue weighted by atomic mass is 79.9. The molecule has 0 radical (unpaired) electrons. The van der Waals surface area contributed by atoms with E-state index >= 15 is 0 Å². The predicted molar refractivity (Wildman–Crippen MR) is 131 cm³/mol. The molecule has 1 N–H and O–H groups in total. The second-order valence-corrected chi connectivity index (χ2v) is 11.3. The molecule has 0 aliphatic heterocycles. The molecule has 0 fully saturated rings. The summed E-state index contributed by atoms with van der Waals surface area (Å²) < 4.78 is 5.96. The number of hydrogen-bond donors (Lipinski definition) is 1. The average molecular weight is 558 g/mol. The minimum atomic E-state index is -2.07. The fraction of sp³-hybridized carbons (Fsp3) is 0.0769. The van der Waals surface area contributed by atoms with Crippen LogP contribution in [0.2, 0.25) is 0 Å². The van der Waals surface area contributed by atoms with Gasteiger partial charge in [-0.15, -0.1) is 0 Å². The van der Waals surface area contributed by atoms with Gasteiger partial charge in [0, 0.05) is 5.56 Å². The smallest absolute Gasteiger partial charge is 0.140 e. The Kier molecular flexibility index (Phi) is 7.94. The van der Waals surface area contributed by atoms with Crippen molar-refractivity contribution in [2.75, 3.05) is 7.11 Å². The lowest BCUT2D eigenvalue weighted by molar-refractivity contribution is -0.00000707. The summed E-state index contributed by atoms with van der Waals surface area (Å²) in [5, 5.41) is 14.9. The van der Waals surface area contributed by atoms with Crippen LogP contribution in [-0.4, -0.2) is 12.2 Å². The fourth-order valence-corrected chi connectivity index (χ4v) is 8.70. The molecule has 4 aromatic carbocycles. The van der Waals surface area contributed by atoms with Crippen molar-refractivity contribution in [1.82, 2.24) is 0 Å². The maximum absolute atomic E-state index is 11.0. The summed E-state index contributed by atoms with van der Waals surface area (Å²) in [7, 11) is -0.462. The summed E-state index contributed by atoms with van der Waals surface area (Å²) in [6.07, 6.45) is 0.708. The van der Waals surface area contributed by atoms with Crippen LogP contribution in [0, 0.1) is 0 Å². The first kappa shape index (κ1) is 23.5. The molecule has 0 amide bonds. The number of aromatic hydroxyl groups is 1.